The molecule has 3 fully saturated rings. The number of phenolic OH excluding ortho intramolecular Hbond substituents is 1. The molecule has 4 N–H and O–H groups in total. The van der Waals surface area contributed by atoms with E-state index in [9.17, 15) is 15.0 Å². The van der Waals surface area contributed by atoms with Crippen molar-refractivity contribution >= 4 is 29.2 Å². The van der Waals surface area contributed by atoms with E-state index in [-0.39, 0.29) is 42.6 Å². The van der Waals surface area contributed by atoms with E-state index in [1.807, 2.05) is 36.5 Å². The first-order valence-electron chi connectivity index (χ1n) is 13.8. The predicted octanol–water partition coefficient (Wildman–Crippen LogP) is 3.59. The number of halogens is 1. The zero-order valence-corrected chi connectivity index (χ0v) is 22.1. The number of nitrogens with one attached hydrogen (secondary N) is 2. The third-order valence-corrected chi connectivity index (χ3v) is 10.1. The van der Waals surface area contributed by atoms with Crippen molar-refractivity contribution in [2.75, 3.05) is 13.1 Å². The molecule has 8 heteroatoms. The number of nitrogens with zero attached hydrogens (tertiary/aromatic N) is 1. The summed E-state index contributed by atoms with van der Waals surface area (Å²) in [6, 6.07) is 11.6. The van der Waals surface area contributed by atoms with Crippen LogP contribution in [0.25, 0.3) is 10.9 Å². The number of amides is 1. The standard InChI is InChI=1S/C30H33N3O4.ClH/c34-23-8-7-18-13-24-30(36)10-9-22(32-25(35)14-19-15-31-21-4-2-1-3-20(19)21)28-29(30,26(18)27(23)37-28)11-12-33(24)16-17-5-6-17;/h1-4,7-8,15,17,22,24,28,31,34,36H,5-6,9-14,16H2,(H,32,35);1H/t22-,24+,28-,29-,30+;/m0./s1. The summed E-state index contributed by atoms with van der Waals surface area (Å²) in [4.78, 5) is 19.1. The number of para-hydroxylation sites is 1. The van der Waals surface area contributed by atoms with Crippen LogP contribution in [-0.2, 0) is 23.1 Å². The van der Waals surface area contributed by atoms with Gasteiger partial charge in [-0.05, 0) is 74.2 Å². The van der Waals surface area contributed by atoms with Crippen LogP contribution in [-0.4, -0.2) is 62.9 Å². The van der Waals surface area contributed by atoms with E-state index in [0.29, 0.717) is 18.6 Å². The fourth-order valence-corrected chi connectivity index (χ4v) is 8.34. The maximum atomic E-state index is 13.3. The van der Waals surface area contributed by atoms with Gasteiger partial charge in [-0.25, -0.2) is 0 Å². The van der Waals surface area contributed by atoms with Crippen LogP contribution in [0.3, 0.4) is 0 Å². The smallest absolute Gasteiger partial charge is 0.224 e. The second-order valence-electron chi connectivity index (χ2n) is 12.0. The molecule has 200 valence electrons. The Morgan fingerprint density at radius 1 is 1.16 bits per heavy atom. The lowest BCUT2D eigenvalue weighted by Crippen LogP contribution is -2.78. The first kappa shape index (κ1) is 24.3. The van der Waals surface area contributed by atoms with Gasteiger partial charge in [0.05, 0.1) is 23.5 Å². The van der Waals surface area contributed by atoms with Crippen molar-refractivity contribution in [2.45, 2.75) is 74.1 Å². The number of rotatable bonds is 5. The van der Waals surface area contributed by atoms with Gasteiger partial charge >= 0.3 is 0 Å². The lowest BCUT2D eigenvalue weighted by Gasteiger charge is -2.64. The number of fused-ring (bicyclic) bond motifs is 1. The molecule has 2 aliphatic heterocycles. The molecule has 1 aromatic heterocycles. The minimum absolute atomic E-state index is 0. The summed E-state index contributed by atoms with van der Waals surface area (Å²) in [6.07, 6.45) is 7.20. The highest BCUT2D eigenvalue weighted by molar-refractivity contribution is 5.89. The topological polar surface area (TPSA) is 97.8 Å². The molecule has 1 amide bonds. The van der Waals surface area contributed by atoms with Crippen molar-refractivity contribution in [1.82, 2.24) is 15.2 Å². The number of H-pyrrole nitrogens is 1. The van der Waals surface area contributed by atoms with Crippen molar-refractivity contribution in [3.05, 3.63) is 59.3 Å². The molecule has 3 aliphatic carbocycles. The van der Waals surface area contributed by atoms with Gasteiger partial charge in [0.2, 0.25) is 5.91 Å². The molecular formula is C30H34ClN3O4. The molecule has 5 aliphatic rings. The molecular weight excluding hydrogens is 502 g/mol. The maximum Gasteiger partial charge on any atom is 0.224 e. The Labute approximate surface area is 228 Å². The van der Waals surface area contributed by atoms with E-state index < -0.39 is 17.1 Å². The highest BCUT2D eigenvalue weighted by Crippen LogP contribution is 2.65. The number of phenols is 1. The van der Waals surface area contributed by atoms with E-state index >= 15 is 0 Å². The average molecular weight is 536 g/mol. The maximum absolute atomic E-state index is 13.3. The van der Waals surface area contributed by atoms with Crippen molar-refractivity contribution in [3.63, 3.8) is 0 Å². The summed E-state index contributed by atoms with van der Waals surface area (Å²) in [5.41, 5.74) is 2.62. The van der Waals surface area contributed by atoms with E-state index in [1.165, 1.54) is 18.4 Å². The molecule has 3 heterocycles. The number of hydrogen-bond acceptors (Lipinski definition) is 5. The number of aromatic hydroxyl groups is 1. The Hall–Kier alpha value is -2.74. The number of carbonyl (C=O) groups excluding carboxylic acids is 1. The van der Waals surface area contributed by atoms with E-state index in [4.69, 9.17) is 4.74 Å². The minimum atomic E-state index is -0.936. The zero-order valence-electron chi connectivity index (χ0n) is 21.3. The number of aromatic nitrogens is 1. The monoisotopic (exact) mass is 535 g/mol. The van der Waals surface area contributed by atoms with Crippen LogP contribution in [0.4, 0.5) is 0 Å². The number of ether oxygens (including phenoxy) is 1. The van der Waals surface area contributed by atoms with Crippen LogP contribution in [0.15, 0.2) is 42.6 Å². The van der Waals surface area contributed by atoms with Crippen LogP contribution in [0.5, 0.6) is 11.5 Å². The number of likely N-dealkylation sites (tertiary alicyclic amines) is 1. The van der Waals surface area contributed by atoms with E-state index in [1.54, 1.807) is 6.07 Å². The predicted molar refractivity (Wildman–Crippen MR) is 146 cm³/mol. The Balaban J connectivity index is 0.00000242. The molecule has 1 spiro atoms. The molecule has 2 saturated carbocycles. The van der Waals surface area contributed by atoms with Gasteiger partial charge in [-0.3, -0.25) is 9.69 Å². The molecule has 0 unspecified atom stereocenters. The molecule has 3 aromatic rings. The number of hydrogen-bond donors (Lipinski definition) is 4. The number of benzene rings is 2. The second kappa shape index (κ2) is 8.38. The third kappa shape index (κ3) is 3.18. The summed E-state index contributed by atoms with van der Waals surface area (Å²) in [7, 11) is 0. The molecule has 7 nitrogen and oxygen atoms in total. The largest absolute Gasteiger partial charge is 0.504 e. The lowest BCUT2D eigenvalue weighted by molar-refractivity contribution is -0.192. The number of aliphatic hydroxyl groups is 1. The summed E-state index contributed by atoms with van der Waals surface area (Å²) in [5.74, 6) is 1.37. The summed E-state index contributed by atoms with van der Waals surface area (Å²) in [6.45, 7) is 1.97. The van der Waals surface area contributed by atoms with Crippen LogP contribution < -0.4 is 10.1 Å². The number of aromatic amines is 1. The first-order chi connectivity index (χ1) is 18.0. The Morgan fingerprint density at radius 2 is 2.00 bits per heavy atom. The number of carbonyl (C=O) groups is 1. The SMILES string of the molecule is Cl.O=C(Cc1c[nH]c2ccccc12)N[C@H]1CC[C@@]2(O)[C@H]3Cc4ccc(O)c5c4[C@@]2(CCN3CC2CC2)[C@H]1O5. The minimum Gasteiger partial charge on any atom is -0.504 e. The molecule has 38 heavy (non-hydrogen) atoms. The van der Waals surface area contributed by atoms with E-state index in [0.717, 1.165) is 53.9 Å². The Kier molecular flexibility index (Phi) is 5.36. The summed E-state index contributed by atoms with van der Waals surface area (Å²) in [5, 5.41) is 27.7. The molecule has 5 atom stereocenters. The first-order valence-corrected chi connectivity index (χ1v) is 13.8. The average Bonchev–Trinajstić information content (AvgIpc) is 3.50. The molecule has 0 radical (unpaired) electrons. The van der Waals surface area contributed by atoms with Crippen LogP contribution >= 0.6 is 12.4 Å². The summed E-state index contributed by atoms with van der Waals surface area (Å²) < 4.78 is 6.57. The second-order valence-corrected chi connectivity index (χ2v) is 12.0. The molecule has 1 saturated heterocycles. The van der Waals surface area contributed by atoms with Crippen LogP contribution in [0, 0.1) is 5.92 Å². The third-order valence-electron chi connectivity index (χ3n) is 10.1. The van der Waals surface area contributed by atoms with Crippen molar-refractivity contribution < 1.29 is 19.7 Å². The van der Waals surface area contributed by atoms with Crippen molar-refractivity contribution in [1.29, 1.82) is 0 Å². The molecule has 8 rings (SSSR count). The fraction of sp³-hybridized carbons (Fsp3) is 0.500. The number of piperidine rings is 1. The molecule has 2 bridgehead atoms. The van der Waals surface area contributed by atoms with Gasteiger partial charge in [-0.15, -0.1) is 12.4 Å². The fourth-order valence-electron chi connectivity index (χ4n) is 8.34. The lowest BCUT2D eigenvalue weighted by atomic mass is 9.48. The van der Waals surface area contributed by atoms with E-state index in [2.05, 4.69) is 15.2 Å². The normalized spacial score (nSPS) is 32.8. The van der Waals surface area contributed by atoms with Gasteiger partial charge in [0.1, 0.15) is 6.10 Å². The molecule has 2 aromatic carbocycles. The van der Waals surface area contributed by atoms with Crippen molar-refractivity contribution in [3.8, 4) is 11.5 Å². The summed E-state index contributed by atoms with van der Waals surface area (Å²) >= 11 is 0. The van der Waals surface area contributed by atoms with Gasteiger partial charge in [0.15, 0.2) is 11.5 Å². The Bertz CT molecular complexity index is 1440. The van der Waals surface area contributed by atoms with Crippen molar-refractivity contribution in [2.24, 2.45) is 5.92 Å². The Morgan fingerprint density at radius 3 is 2.84 bits per heavy atom. The highest BCUT2D eigenvalue weighted by Gasteiger charge is 2.73. The van der Waals surface area contributed by atoms with Gasteiger partial charge in [0, 0.05) is 35.2 Å². The van der Waals surface area contributed by atoms with Crippen LogP contribution in [0.2, 0.25) is 0 Å². The van der Waals surface area contributed by atoms with Crippen LogP contribution in [0.1, 0.15) is 48.8 Å². The van der Waals surface area contributed by atoms with Gasteiger partial charge in [-0.2, -0.15) is 0 Å². The quantitative estimate of drug-likeness (QED) is 0.400. The highest BCUT2D eigenvalue weighted by atomic mass is 35.5. The van der Waals surface area contributed by atoms with Gasteiger partial charge < -0.3 is 25.3 Å². The van der Waals surface area contributed by atoms with Gasteiger partial charge in [0.25, 0.3) is 0 Å². The van der Waals surface area contributed by atoms with Gasteiger partial charge in [-0.1, -0.05) is 24.3 Å². The zero-order chi connectivity index (χ0) is 24.9.